The number of anilines is 1. The zero-order valence-electron chi connectivity index (χ0n) is 15.7. The number of hydrogen-bond acceptors (Lipinski definition) is 7. The Balaban J connectivity index is 1.91. The van der Waals surface area contributed by atoms with Crippen molar-refractivity contribution in [2.45, 2.75) is 13.0 Å². The van der Waals surface area contributed by atoms with Crippen LogP contribution in [-0.2, 0) is 9.59 Å². The lowest BCUT2D eigenvalue weighted by Crippen LogP contribution is -2.29. The zero-order valence-corrected chi connectivity index (χ0v) is 16.5. The van der Waals surface area contributed by atoms with Gasteiger partial charge in [0, 0.05) is 5.56 Å². The molecule has 1 aliphatic rings. The summed E-state index contributed by atoms with van der Waals surface area (Å²) in [5.74, 6) is -1.10. The molecule has 0 saturated carbocycles. The maximum atomic E-state index is 12.9. The molecule has 1 atom stereocenters. The van der Waals surface area contributed by atoms with Crippen LogP contribution in [0.1, 0.15) is 22.7 Å². The second-order valence-corrected chi connectivity index (χ2v) is 7.34. The Bertz CT molecular complexity index is 1090. The average Bonchev–Trinajstić information content (AvgIpc) is 3.35. The first-order valence-electron chi connectivity index (χ1n) is 8.79. The molecule has 0 aliphatic carbocycles. The summed E-state index contributed by atoms with van der Waals surface area (Å²) in [6.07, 6.45) is 0. The van der Waals surface area contributed by atoms with Gasteiger partial charge in [0.2, 0.25) is 5.13 Å². The summed E-state index contributed by atoms with van der Waals surface area (Å²) < 4.78 is 5.20. The number of methoxy groups -OCH3 is 1. The molecule has 7 nitrogen and oxygen atoms in total. The fourth-order valence-electron chi connectivity index (χ4n) is 3.27. The highest BCUT2D eigenvalue weighted by Crippen LogP contribution is 2.42. The number of aliphatic hydroxyl groups is 1. The van der Waals surface area contributed by atoms with Gasteiger partial charge < -0.3 is 9.84 Å². The summed E-state index contributed by atoms with van der Waals surface area (Å²) in [5.41, 5.74) is 3.62. The predicted octanol–water partition coefficient (Wildman–Crippen LogP) is 3.48. The molecule has 1 aromatic heterocycles. The molecular formula is C21H17N3O4S. The lowest BCUT2D eigenvalue weighted by Gasteiger charge is -2.22. The van der Waals surface area contributed by atoms with E-state index in [0.717, 1.165) is 16.9 Å². The van der Waals surface area contributed by atoms with Gasteiger partial charge in [-0.1, -0.05) is 53.3 Å². The molecule has 2 heterocycles. The third-order valence-corrected chi connectivity index (χ3v) is 5.44. The highest BCUT2D eigenvalue weighted by Gasteiger charge is 2.48. The molecule has 1 amide bonds. The minimum atomic E-state index is -0.824. The van der Waals surface area contributed by atoms with Crippen molar-refractivity contribution in [1.82, 2.24) is 10.2 Å². The Morgan fingerprint density at radius 3 is 2.38 bits per heavy atom. The quantitative estimate of drug-likeness (QED) is 0.404. The van der Waals surface area contributed by atoms with Crippen LogP contribution in [0.15, 0.2) is 59.6 Å². The second-order valence-electron chi connectivity index (χ2n) is 6.53. The molecule has 2 aromatic carbocycles. The molecule has 0 radical (unpaired) electrons. The lowest BCUT2D eigenvalue weighted by atomic mass is 9.95. The maximum Gasteiger partial charge on any atom is 0.301 e. The van der Waals surface area contributed by atoms with Gasteiger partial charge in [0.05, 0.1) is 18.7 Å². The lowest BCUT2D eigenvalue weighted by molar-refractivity contribution is -0.132. The molecule has 1 fully saturated rings. The van der Waals surface area contributed by atoms with Gasteiger partial charge in [0.1, 0.15) is 17.0 Å². The van der Waals surface area contributed by atoms with Crippen molar-refractivity contribution in [3.63, 3.8) is 0 Å². The largest absolute Gasteiger partial charge is 0.507 e. The normalized spacial score (nSPS) is 18.3. The van der Waals surface area contributed by atoms with E-state index in [4.69, 9.17) is 4.74 Å². The van der Waals surface area contributed by atoms with E-state index in [1.165, 1.54) is 10.4 Å². The second kappa shape index (κ2) is 7.48. The number of aliphatic hydroxyl groups excluding tert-OH is 1. The molecule has 4 rings (SSSR count). The fraction of sp³-hybridized carbons (Fsp3) is 0.143. The van der Waals surface area contributed by atoms with Crippen LogP contribution in [0.5, 0.6) is 5.75 Å². The van der Waals surface area contributed by atoms with Crippen molar-refractivity contribution in [2.24, 2.45) is 0 Å². The van der Waals surface area contributed by atoms with E-state index < -0.39 is 17.7 Å². The number of amides is 1. The summed E-state index contributed by atoms with van der Waals surface area (Å²) in [6, 6.07) is 13.3. The molecule has 0 spiro atoms. The van der Waals surface area contributed by atoms with Crippen LogP contribution in [0.4, 0.5) is 5.13 Å². The number of aromatic nitrogens is 2. The van der Waals surface area contributed by atoms with Crippen LogP contribution in [0, 0.1) is 6.92 Å². The van der Waals surface area contributed by atoms with Crippen LogP contribution in [0.3, 0.4) is 0 Å². The topological polar surface area (TPSA) is 92.6 Å². The van der Waals surface area contributed by atoms with Gasteiger partial charge in [-0.05, 0) is 24.6 Å². The average molecular weight is 407 g/mol. The fourth-order valence-corrected chi connectivity index (χ4v) is 3.86. The first kappa shape index (κ1) is 18.8. The number of aryl methyl sites for hydroxylation is 1. The zero-order chi connectivity index (χ0) is 20.5. The number of Topliss-reactive ketones (excluding diaryl/α,β-unsaturated/α-hetero) is 1. The van der Waals surface area contributed by atoms with E-state index in [2.05, 4.69) is 10.2 Å². The Kier molecular flexibility index (Phi) is 4.85. The van der Waals surface area contributed by atoms with Crippen molar-refractivity contribution in [1.29, 1.82) is 0 Å². The predicted molar refractivity (Wildman–Crippen MR) is 109 cm³/mol. The van der Waals surface area contributed by atoms with E-state index in [-0.39, 0.29) is 16.5 Å². The van der Waals surface area contributed by atoms with Crippen LogP contribution < -0.4 is 9.64 Å². The number of carbonyl (C=O) groups is 2. The molecule has 0 bridgehead atoms. The van der Waals surface area contributed by atoms with Crippen molar-refractivity contribution < 1.29 is 19.4 Å². The van der Waals surface area contributed by atoms with E-state index in [0.29, 0.717) is 16.9 Å². The number of benzene rings is 2. The minimum absolute atomic E-state index is 0.0132. The Labute approximate surface area is 170 Å². The van der Waals surface area contributed by atoms with Crippen molar-refractivity contribution in [2.75, 3.05) is 12.0 Å². The van der Waals surface area contributed by atoms with Crippen LogP contribution in [-0.4, -0.2) is 34.1 Å². The van der Waals surface area contributed by atoms with Gasteiger partial charge >= 0.3 is 5.91 Å². The summed E-state index contributed by atoms with van der Waals surface area (Å²) in [7, 11) is 1.56. The third kappa shape index (κ3) is 3.27. The molecule has 146 valence electrons. The number of nitrogens with zero attached hydrogens (tertiary/aromatic N) is 3. The van der Waals surface area contributed by atoms with Crippen molar-refractivity contribution >= 4 is 33.9 Å². The monoisotopic (exact) mass is 407 g/mol. The van der Waals surface area contributed by atoms with Crippen LogP contribution in [0.2, 0.25) is 0 Å². The SMILES string of the molecule is COc1ccc(C2C(=C(O)c3ccc(C)cc3)C(=O)C(=O)N2c2nncs2)cc1. The van der Waals surface area contributed by atoms with E-state index >= 15 is 0 Å². The Hall–Kier alpha value is -3.52. The molecule has 1 aliphatic heterocycles. The number of ether oxygens (including phenoxy) is 1. The molecule has 29 heavy (non-hydrogen) atoms. The summed E-state index contributed by atoms with van der Waals surface area (Å²) in [6.45, 7) is 1.93. The summed E-state index contributed by atoms with van der Waals surface area (Å²) in [4.78, 5) is 27.1. The first-order chi connectivity index (χ1) is 14.0. The van der Waals surface area contributed by atoms with Gasteiger partial charge in [-0.3, -0.25) is 14.5 Å². The summed E-state index contributed by atoms with van der Waals surface area (Å²) >= 11 is 1.15. The van der Waals surface area contributed by atoms with E-state index in [1.54, 1.807) is 43.5 Å². The smallest absolute Gasteiger partial charge is 0.301 e. The number of hydrogen-bond donors (Lipinski definition) is 1. The van der Waals surface area contributed by atoms with E-state index in [1.807, 2.05) is 19.1 Å². The number of ketones is 1. The van der Waals surface area contributed by atoms with Crippen LogP contribution in [0.25, 0.3) is 5.76 Å². The van der Waals surface area contributed by atoms with Crippen molar-refractivity contribution in [3.8, 4) is 5.75 Å². The maximum absolute atomic E-state index is 12.9. The molecular weight excluding hydrogens is 390 g/mol. The molecule has 1 N–H and O–H groups in total. The van der Waals surface area contributed by atoms with Gasteiger partial charge in [-0.2, -0.15) is 0 Å². The minimum Gasteiger partial charge on any atom is -0.507 e. The third-order valence-electron chi connectivity index (χ3n) is 4.76. The Morgan fingerprint density at radius 1 is 1.10 bits per heavy atom. The first-order valence-corrected chi connectivity index (χ1v) is 9.67. The van der Waals surface area contributed by atoms with Gasteiger partial charge in [-0.15, -0.1) is 10.2 Å². The van der Waals surface area contributed by atoms with Crippen molar-refractivity contribution in [3.05, 3.63) is 76.3 Å². The van der Waals surface area contributed by atoms with Gasteiger partial charge in [-0.25, -0.2) is 0 Å². The van der Waals surface area contributed by atoms with Gasteiger partial charge in [0.15, 0.2) is 0 Å². The summed E-state index contributed by atoms with van der Waals surface area (Å²) in [5, 5.41) is 19.0. The highest BCUT2D eigenvalue weighted by atomic mass is 32.1. The molecule has 3 aromatic rings. The Morgan fingerprint density at radius 2 is 1.79 bits per heavy atom. The van der Waals surface area contributed by atoms with Crippen LogP contribution >= 0.6 is 11.3 Å². The molecule has 8 heteroatoms. The standard InChI is InChI=1S/C21H17N3O4S/c1-12-3-5-14(6-4-12)18(25)16-17(13-7-9-15(28-2)10-8-13)24(20(27)19(16)26)21-23-22-11-29-21/h3-11,17,25H,1-2H3. The molecule has 1 saturated heterocycles. The van der Waals surface area contributed by atoms with Gasteiger partial charge in [0.25, 0.3) is 5.78 Å². The van der Waals surface area contributed by atoms with E-state index in [9.17, 15) is 14.7 Å². The molecule has 1 unspecified atom stereocenters. The number of rotatable bonds is 4. The number of carbonyl (C=O) groups excluding carboxylic acids is 2. The highest BCUT2D eigenvalue weighted by molar-refractivity contribution is 7.13.